The Hall–Kier alpha value is -2.34. The van der Waals surface area contributed by atoms with Crippen molar-refractivity contribution < 1.29 is 13.2 Å². The van der Waals surface area contributed by atoms with Gasteiger partial charge in [0.15, 0.2) is 0 Å². The molecular weight excluding hydrogens is 336 g/mol. The molecule has 0 aliphatic heterocycles. The second-order valence-electron chi connectivity index (χ2n) is 6.41. The summed E-state index contributed by atoms with van der Waals surface area (Å²) in [5.41, 5.74) is 3.99. The van der Waals surface area contributed by atoms with Crippen LogP contribution >= 0.6 is 0 Å². The van der Waals surface area contributed by atoms with Crippen molar-refractivity contribution in [2.24, 2.45) is 0 Å². The number of carbonyl (C=O) groups excluding carboxylic acids is 1. The second kappa shape index (κ2) is 7.70. The maximum atomic E-state index is 12.5. The molecule has 0 aliphatic carbocycles. The van der Waals surface area contributed by atoms with Gasteiger partial charge in [0.05, 0.1) is 11.9 Å². The number of hydrogen-bond acceptors (Lipinski definition) is 3. The summed E-state index contributed by atoms with van der Waals surface area (Å²) < 4.78 is 25.3. The third-order valence-corrected chi connectivity index (χ3v) is 4.55. The quantitative estimate of drug-likeness (QED) is 0.831. The number of aryl methyl sites for hydroxylation is 2. The van der Waals surface area contributed by atoms with Crippen molar-refractivity contribution in [3.05, 3.63) is 64.7 Å². The Kier molecular flexibility index (Phi) is 5.85. The van der Waals surface area contributed by atoms with Gasteiger partial charge in [0.25, 0.3) is 5.91 Å². The lowest BCUT2D eigenvalue weighted by atomic mass is 10.0. The monoisotopic (exact) mass is 360 g/mol. The normalized spacial score (nSPS) is 12.5. The molecule has 0 aliphatic rings. The third kappa shape index (κ3) is 5.60. The average Bonchev–Trinajstić information content (AvgIpc) is 2.50. The van der Waals surface area contributed by atoms with E-state index in [0.29, 0.717) is 11.3 Å². The summed E-state index contributed by atoms with van der Waals surface area (Å²) >= 11 is 0. The molecule has 0 spiro atoms. The van der Waals surface area contributed by atoms with Crippen LogP contribution in [-0.4, -0.2) is 26.6 Å². The van der Waals surface area contributed by atoms with Crippen LogP contribution in [0.4, 0.5) is 5.69 Å². The van der Waals surface area contributed by atoms with E-state index in [1.165, 1.54) is 11.1 Å². The summed E-state index contributed by atoms with van der Waals surface area (Å²) in [7, 11) is -3.39. The van der Waals surface area contributed by atoms with E-state index >= 15 is 0 Å². The van der Waals surface area contributed by atoms with Gasteiger partial charge < -0.3 is 5.32 Å². The van der Waals surface area contributed by atoms with E-state index in [1.54, 1.807) is 25.1 Å². The van der Waals surface area contributed by atoms with E-state index in [9.17, 15) is 13.2 Å². The second-order valence-corrected chi connectivity index (χ2v) is 8.16. The maximum absolute atomic E-state index is 12.5. The number of benzene rings is 2. The highest BCUT2D eigenvalue weighted by Gasteiger charge is 2.14. The molecule has 0 aromatic heterocycles. The summed E-state index contributed by atoms with van der Waals surface area (Å²) in [6, 6.07) is 13.0. The molecule has 2 N–H and O–H groups in total. The summed E-state index contributed by atoms with van der Waals surface area (Å²) in [4.78, 5) is 12.5. The van der Waals surface area contributed by atoms with Crippen LogP contribution < -0.4 is 10.0 Å². The van der Waals surface area contributed by atoms with Gasteiger partial charge in [-0.3, -0.25) is 9.52 Å². The first-order valence-electron chi connectivity index (χ1n) is 8.09. The van der Waals surface area contributed by atoms with Gasteiger partial charge >= 0.3 is 0 Å². The van der Waals surface area contributed by atoms with E-state index in [4.69, 9.17) is 0 Å². The van der Waals surface area contributed by atoms with Crippen molar-refractivity contribution in [1.82, 2.24) is 5.32 Å². The van der Waals surface area contributed by atoms with Crippen LogP contribution in [0.2, 0.25) is 0 Å². The van der Waals surface area contributed by atoms with Gasteiger partial charge in [-0.05, 0) is 56.0 Å². The van der Waals surface area contributed by atoms with Crippen LogP contribution in [0.25, 0.3) is 0 Å². The lowest BCUT2D eigenvalue weighted by Crippen LogP contribution is -2.34. The van der Waals surface area contributed by atoms with Crippen molar-refractivity contribution in [3.8, 4) is 0 Å². The van der Waals surface area contributed by atoms with Gasteiger partial charge in [-0.15, -0.1) is 0 Å². The van der Waals surface area contributed by atoms with Crippen LogP contribution in [0.3, 0.4) is 0 Å². The molecule has 2 aromatic carbocycles. The highest BCUT2D eigenvalue weighted by molar-refractivity contribution is 7.92. The van der Waals surface area contributed by atoms with Crippen molar-refractivity contribution >= 4 is 21.6 Å². The fraction of sp³-hybridized carbons (Fsp3) is 0.316. The number of sulfonamides is 1. The van der Waals surface area contributed by atoms with Gasteiger partial charge in [0.1, 0.15) is 0 Å². The lowest BCUT2D eigenvalue weighted by Gasteiger charge is -2.16. The maximum Gasteiger partial charge on any atom is 0.251 e. The minimum absolute atomic E-state index is 0.0405. The Bertz CT molecular complexity index is 876. The van der Waals surface area contributed by atoms with E-state index in [1.807, 2.05) is 32.0 Å². The summed E-state index contributed by atoms with van der Waals surface area (Å²) in [6.07, 6.45) is 1.82. The number of amides is 1. The largest absolute Gasteiger partial charge is 0.349 e. The standard InChI is InChI=1S/C19H24N2O3S/c1-13-7-5-6-8-16(13)11-15(3)20-19(22)17-10-9-14(2)18(12-17)21-25(4,23)24/h5-10,12,15,21H,11H2,1-4H3,(H,20,22). The van der Waals surface area contributed by atoms with E-state index in [-0.39, 0.29) is 11.9 Å². The van der Waals surface area contributed by atoms with Gasteiger partial charge in [0.2, 0.25) is 10.0 Å². The number of rotatable bonds is 6. The average molecular weight is 360 g/mol. The summed E-state index contributed by atoms with van der Waals surface area (Å²) in [6.45, 7) is 5.79. The predicted octanol–water partition coefficient (Wildman–Crippen LogP) is 3.04. The molecule has 5 nitrogen and oxygen atoms in total. The van der Waals surface area contributed by atoms with E-state index < -0.39 is 10.0 Å². The molecule has 2 rings (SSSR count). The van der Waals surface area contributed by atoms with Crippen LogP contribution in [0, 0.1) is 13.8 Å². The predicted molar refractivity (Wildman–Crippen MR) is 101 cm³/mol. The Morgan fingerprint density at radius 2 is 1.76 bits per heavy atom. The Labute approximate surface area is 149 Å². The van der Waals surface area contributed by atoms with Gasteiger partial charge in [-0.2, -0.15) is 0 Å². The minimum Gasteiger partial charge on any atom is -0.349 e. The molecule has 0 radical (unpaired) electrons. The smallest absolute Gasteiger partial charge is 0.251 e. The number of carbonyl (C=O) groups is 1. The highest BCUT2D eigenvalue weighted by Crippen LogP contribution is 2.18. The van der Waals surface area contributed by atoms with E-state index in [2.05, 4.69) is 16.1 Å². The molecule has 2 aromatic rings. The zero-order chi connectivity index (χ0) is 18.6. The van der Waals surface area contributed by atoms with Gasteiger partial charge in [-0.1, -0.05) is 30.3 Å². The molecule has 0 saturated heterocycles. The fourth-order valence-electron chi connectivity index (χ4n) is 2.60. The first-order chi connectivity index (χ1) is 11.7. The van der Waals surface area contributed by atoms with Crippen molar-refractivity contribution in [2.45, 2.75) is 33.2 Å². The van der Waals surface area contributed by atoms with E-state index in [0.717, 1.165) is 18.2 Å². The Balaban J connectivity index is 2.10. The molecule has 134 valence electrons. The van der Waals surface area contributed by atoms with Crippen LogP contribution in [-0.2, 0) is 16.4 Å². The molecule has 25 heavy (non-hydrogen) atoms. The van der Waals surface area contributed by atoms with Gasteiger partial charge in [-0.25, -0.2) is 8.42 Å². The number of hydrogen-bond donors (Lipinski definition) is 2. The molecule has 1 amide bonds. The topological polar surface area (TPSA) is 75.3 Å². The highest BCUT2D eigenvalue weighted by atomic mass is 32.2. The van der Waals surface area contributed by atoms with Crippen molar-refractivity contribution in [2.75, 3.05) is 11.0 Å². The van der Waals surface area contributed by atoms with Crippen LogP contribution in [0.15, 0.2) is 42.5 Å². The number of nitrogens with one attached hydrogen (secondary N) is 2. The van der Waals surface area contributed by atoms with Gasteiger partial charge in [0, 0.05) is 11.6 Å². The zero-order valence-corrected chi connectivity index (χ0v) is 15.8. The van der Waals surface area contributed by atoms with Crippen LogP contribution in [0.5, 0.6) is 0 Å². The zero-order valence-electron chi connectivity index (χ0n) is 15.0. The SMILES string of the molecule is Cc1ccccc1CC(C)NC(=O)c1ccc(C)c(NS(C)(=O)=O)c1. The molecule has 6 heteroatoms. The molecule has 0 saturated carbocycles. The third-order valence-electron chi connectivity index (χ3n) is 3.96. The molecular formula is C19H24N2O3S. The molecule has 0 bridgehead atoms. The van der Waals surface area contributed by atoms with Crippen LogP contribution in [0.1, 0.15) is 34.0 Å². The molecule has 0 fully saturated rings. The first kappa shape index (κ1) is 19.0. The minimum atomic E-state index is -3.39. The first-order valence-corrected chi connectivity index (χ1v) is 9.98. The lowest BCUT2D eigenvalue weighted by molar-refractivity contribution is 0.0940. The Morgan fingerprint density at radius 1 is 1.08 bits per heavy atom. The summed E-state index contributed by atoms with van der Waals surface area (Å²) in [5, 5.41) is 2.97. The summed E-state index contributed by atoms with van der Waals surface area (Å²) in [5.74, 6) is -0.224. The molecule has 1 unspecified atom stereocenters. The Morgan fingerprint density at radius 3 is 2.40 bits per heavy atom. The molecule has 0 heterocycles. The fourth-order valence-corrected chi connectivity index (χ4v) is 3.22. The van der Waals surface area contributed by atoms with Crippen molar-refractivity contribution in [1.29, 1.82) is 0 Å². The van der Waals surface area contributed by atoms with Crippen molar-refractivity contribution in [3.63, 3.8) is 0 Å². The molecule has 1 atom stereocenters. The number of anilines is 1.